The highest BCUT2D eigenvalue weighted by Gasteiger charge is 2.22. The molecule has 0 radical (unpaired) electrons. The van der Waals surface area contributed by atoms with Crippen LogP contribution in [-0.2, 0) is 9.53 Å². The van der Waals surface area contributed by atoms with Crippen LogP contribution in [-0.4, -0.2) is 18.0 Å². The average molecular weight is 384 g/mol. The van der Waals surface area contributed by atoms with Gasteiger partial charge in [0, 0.05) is 5.69 Å². The molecule has 25 heavy (non-hydrogen) atoms. The molecule has 0 spiro atoms. The van der Waals surface area contributed by atoms with E-state index in [1.54, 1.807) is 0 Å². The van der Waals surface area contributed by atoms with Gasteiger partial charge in [-0.2, -0.15) is 0 Å². The van der Waals surface area contributed by atoms with Gasteiger partial charge in [0.15, 0.2) is 6.10 Å². The van der Waals surface area contributed by atoms with Gasteiger partial charge in [0.25, 0.3) is 5.91 Å². The van der Waals surface area contributed by atoms with Gasteiger partial charge >= 0.3 is 5.97 Å². The fourth-order valence-corrected chi connectivity index (χ4v) is 2.52. The summed E-state index contributed by atoms with van der Waals surface area (Å²) in [4.78, 5) is 24.4. The maximum absolute atomic E-state index is 13.5. The zero-order valence-electron chi connectivity index (χ0n) is 13.8. The number of amides is 1. The first-order chi connectivity index (χ1) is 11.7. The first-order valence-electron chi connectivity index (χ1n) is 7.42. The summed E-state index contributed by atoms with van der Waals surface area (Å²) in [6.45, 7) is 5.16. The van der Waals surface area contributed by atoms with Crippen LogP contribution >= 0.6 is 23.2 Å². The molecule has 0 fully saturated rings. The number of carbonyl (C=O) groups is 2. The molecule has 132 valence electrons. The molecule has 1 N–H and O–H groups in total. The largest absolute Gasteiger partial charge is 0.449 e. The molecule has 0 aliphatic heterocycles. The molecule has 0 bridgehead atoms. The lowest BCUT2D eigenvalue weighted by atomic mass is 10.1. The highest BCUT2D eigenvalue weighted by Crippen LogP contribution is 2.25. The van der Waals surface area contributed by atoms with Gasteiger partial charge in [0.2, 0.25) is 0 Å². The molecule has 0 saturated heterocycles. The van der Waals surface area contributed by atoms with Crippen LogP contribution in [0.1, 0.15) is 28.4 Å². The van der Waals surface area contributed by atoms with E-state index in [9.17, 15) is 14.0 Å². The topological polar surface area (TPSA) is 55.4 Å². The van der Waals surface area contributed by atoms with Crippen LogP contribution in [0.15, 0.2) is 30.3 Å². The van der Waals surface area contributed by atoms with Crippen LogP contribution in [0.2, 0.25) is 10.0 Å². The average Bonchev–Trinajstić information content (AvgIpc) is 2.54. The van der Waals surface area contributed by atoms with E-state index in [2.05, 4.69) is 5.32 Å². The third-order valence-electron chi connectivity index (χ3n) is 3.53. The Kier molecular flexibility index (Phi) is 6.03. The van der Waals surface area contributed by atoms with Crippen molar-refractivity contribution in [2.45, 2.75) is 26.9 Å². The van der Waals surface area contributed by atoms with Gasteiger partial charge in [0.1, 0.15) is 5.82 Å². The number of carbonyl (C=O) groups excluding carboxylic acids is 2. The standard InChI is InChI=1S/C18H16Cl2FNO3/c1-9-4-5-10(2)16(6-9)22-17(23)11(3)25-18(24)12-7-15(21)14(20)8-13(12)19/h4-8,11H,1-3H3,(H,22,23). The van der Waals surface area contributed by atoms with Crippen molar-refractivity contribution >= 4 is 40.8 Å². The first-order valence-corrected chi connectivity index (χ1v) is 8.18. The minimum atomic E-state index is -1.10. The maximum atomic E-state index is 13.5. The van der Waals surface area contributed by atoms with Crippen molar-refractivity contribution < 1.29 is 18.7 Å². The van der Waals surface area contributed by atoms with E-state index in [1.807, 2.05) is 32.0 Å². The van der Waals surface area contributed by atoms with Crippen molar-refractivity contribution in [1.29, 1.82) is 0 Å². The molecule has 0 aromatic heterocycles. The van der Waals surface area contributed by atoms with Crippen molar-refractivity contribution in [2.24, 2.45) is 0 Å². The lowest BCUT2D eigenvalue weighted by molar-refractivity contribution is -0.123. The van der Waals surface area contributed by atoms with Crippen LogP contribution in [0.5, 0.6) is 0 Å². The van der Waals surface area contributed by atoms with Crippen molar-refractivity contribution in [3.05, 3.63) is 62.9 Å². The summed E-state index contributed by atoms with van der Waals surface area (Å²) in [6.07, 6.45) is -1.10. The molecule has 4 nitrogen and oxygen atoms in total. The molecule has 2 rings (SSSR count). The summed E-state index contributed by atoms with van der Waals surface area (Å²) in [7, 11) is 0. The van der Waals surface area contributed by atoms with Crippen molar-refractivity contribution in [3.63, 3.8) is 0 Å². The van der Waals surface area contributed by atoms with Gasteiger partial charge in [-0.1, -0.05) is 35.3 Å². The van der Waals surface area contributed by atoms with E-state index in [0.717, 1.165) is 23.3 Å². The highest BCUT2D eigenvalue weighted by molar-refractivity contribution is 6.36. The number of nitrogens with one attached hydrogen (secondary N) is 1. The number of aryl methyl sites for hydroxylation is 2. The lowest BCUT2D eigenvalue weighted by Crippen LogP contribution is -2.30. The van der Waals surface area contributed by atoms with Gasteiger partial charge in [-0.15, -0.1) is 0 Å². The zero-order valence-corrected chi connectivity index (χ0v) is 15.3. The Morgan fingerprint density at radius 1 is 1.12 bits per heavy atom. The number of anilines is 1. The molecule has 0 heterocycles. The smallest absolute Gasteiger partial charge is 0.340 e. The monoisotopic (exact) mass is 383 g/mol. The van der Waals surface area contributed by atoms with Gasteiger partial charge < -0.3 is 10.1 Å². The molecular formula is C18H16Cl2FNO3. The summed E-state index contributed by atoms with van der Waals surface area (Å²) >= 11 is 11.5. The third kappa shape index (κ3) is 4.71. The van der Waals surface area contributed by atoms with E-state index in [0.29, 0.717) is 5.69 Å². The number of hydrogen-bond acceptors (Lipinski definition) is 3. The number of benzene rings is 2. The summed E-state index contributed by atoms with van der Waals surface area (Å²) in [5, 5.41) is 2.44. The molecule has 2 aromatic rings. The molecule has 0 saturated carbocycles. The minimum absolute atomic E-state index is 0.0569. The van der Waals surface area contributed by atoms with E-state index in [1.165, 1.54) is 6.92 Å². The second-order valence-corrected chi connectivity index (χ2v) is 6.42. The quantitative estimate of drug-likeness (QED) is 0.601. The van der Waals surface area contributed by atoms with Crippen LogP contribution < -0.4 is 5.32 Å². The Labute approximate surface area is 154 Å². The second-order valence-electron chi connectivity index (χ2n) is 5.60. The van der Waals surface area contributed by atoms with Crippen molar-refractivity contribution in [1.82, 2.24) is 0 Å². The van der Waals surface area contributed by atoms with Crippen molar-refractivity contribution in [2.75, 3.05) is 5.32 Å². The predicted molar refractivity (Wildman–Crippen MR) is 95.8 cm³/mol. The molecule has 1 unspecified atom stereocenters. The fourth-order valence-electron chi connectivity index (χ4n) is 2.06. The minimum Gasteiger partial charge on any atom is -0.449 e. The Morgan fingerprint density at radius 3 is 2.48 bits per heavy atom. The lowest BCUT2D eigenvalue weighted by Gasteiger charge is -2.15. The summed E-state index contributed by atoms with van der Waals surface area (Å²) in [5.74, 6) is -2.22. The molecule has 1 amide bonds. The third-order valence-corrected chi connectivity index (χ3v) is 4.14. The Balaban J connectivity index is 2.09. The normalized spacial score (nSPS) is 11.8. The van der Waals surface area contributed by atoms with Gasteiger partial charge in [-0.05, 0) is 50.1 Å². The summed E-state index contributed by atoms with van der Waals surface area (Å²) in [5.41, 5.74) is 2.28. The molecule has 0 aliphatic rings. The van der Waals surface area contributed by atoms with E-state index < -0.39 is 23.8 Å². The van der Waals surface area contributed by atoms with E-state index in [4.69, 9.17) is 27.9 Å². The predicted octanol–water partition coefficient (Wildman–Crippen LogP) is 4.93. The van der Waals surface area contributed by atoms with Gasteiger partial charge in [0.05, 0.1) is 15.6 Å². The number of ether oxygens (including phenoxy) is 1. The molecule has 0 aliphatic carbocycles. The summed E-state index contributed by atoms with van der Waals surface area (Å²) in [6, 6.07) is 7.59. The zero-order chi connectivity index (χ0) is 18.7. The van der Waals surface area contributed by atoms with Crippen LogP contribution in [0.25, 0.3) is 0 Å². The number of halogens is 3. The Hall–Kier alpha value is -2.11. The SMILES string of the molecule is Cc1ccc(C)c(NC(=O)C(C)OC(=O)c2cc(F)c(Cl)cc2Cl)c1. The van der Waals surface area contributed by atoms with E-state index in [-0.39, 0.29) is 15.6 Å². The van der Waals surface area contributed by atoms with Crippen LogP contribution in [0.4, 0.5) is 10.1 Å². The molecule has 2 aromatic carbocycles. The molecule has 7 heteroatoms. The number of rotatable bonds is 4. The number of hydrogen-bond donors (Lipinski definition) is 1. The highest BCUT2D eigenvalue weighted by atomic mass is 35.5. The van der Waals surface area contributed by atoms with E-state index >= 15 is 0 Å². The Morgan fingerprint density at radius 2 is 1.80 bits per heavy atom. The van der Waals surface area contributed by atoms with Crippen LogP contribution in [0, 0.1) is 19.7 Å². The second kappa shape index (κ2) is 7.85. The summed E-state index contributed by atoms with van der Waals surface area (Å²) < 4.78 is 18.6. The number of esters is 1. The Bertz CT molecular complexity index is 839. The van der Waals surface area contributed by atoms with Gasteiger partial charge in [-0.3, -0.25) is 4.79 Å². The fraction of sp³-hybridized carbons (Fsp3) is 0.222. The molecule has 1 atom stereocenters. The van der Waals surface area contributed by atoms with Crippen molar-refractivity contribution in [3.8, 4) is 0 Å². The van der Waals surface area contributed by atoms with Crippen LogP contribution in [0.3, 0.4) is 0 Å². The van der Waals surface area contributed by atoms with Gasteiger partial charge in [-0.25, -0.2) is 9.18 Å². The first kappa shape index (κ1) is 19.2. The maximum Gasteiger partial charge on any atom is 0.340 e. The molecular weight excluding hydrogens is 368 g/mol.